The molecule has 5 heteroatoms. The van der Waals surface area contributed by atoms with Crippen LogP contribution in [0.15, 0.2) is 16.7 Å². The molecule has 0 aromatic carbocycles. The van der Waals surface area contributed by atoms with E-state index in [9.17, 15) is 0 Å². The molecule has 102 valence electrons. The van der Waals surface area contributed by atoms with Gasteiger partial charge < -0.3 is 4.98 Å². The van der Waals surface area contributed by atoms with Crippen LogP contribution in [0.4, 0.5) is 0 Å². The van der Waals surface area contributed by atoms with Gasteiger partial charge in [0, 0.05) is 16.7 Å². The van der Waals surface area contributed by atoms with Gasteiger partial charge in [0.2, 0.25) is 0 Å². The van der Waals surface area contributed by atoms with Gasteiger partial charge in [-0.2, -0.15) is 0 Å². The fourth-order valence-corrected chi connectivity index (χ4v) is 3.76. The maximum Gasteiger partial charge on any atom is 0.179 e. The number of aromatic amines is 1. The first-order chi connectivity index (χ1) is 9.06. The lowest BCUT2D eigenvalue weighted by Crippen LogP contribution is -2.23. The standard InChI is InChI=1S/C14H18BrN3S/c1-8-3-4-11(5-9(8)2)18-13-12(17-14(18)19)6-10(15)7-16-13/h6-9,11H,3-5H2,1-2H3,(H,17,19). The van der Waals surface area contributed by atoms with Crippen LogP contribution in [0.3, 0.4) is 0 Å². The summed E-state index contributed by atoms with van der Waals surface area (Å²) in [6.07, 6.45) is 5.51. The molecule has 1 aliphatic carbocycles. The summed E-state index contributed by atoms with van der Waals surface area (Å²) in [7, 11) is 0. The molecule has 3 nitrogen and oxygen atoms in total. The highest BCUT2D eigenvalue weighted by Gasteiger charge is 2.27. The quantitative estimate of drug-likeness (QED) is 0.753. The number of fused-ring (bicyclic) bond motifs is 1. The van der Waals surface area contributed by atoms with Gasteiger partial charge in [-0.15, -0.1) is 0 Å². The number of rotatable bonds is 1. The summed E-state index contributed by atoms with van der Waals surface area (Å²) in [5, 5.41) is 0. The summed E-state index contributed by atoms with van der Waals surface area (Å²) in [5.74, 6) is 1.57. The van der Waals surface area contributed by atoms with E-state index in [2.05, 4.69) is 44.3 Å². The van der Waals surface area contributed by atoms with Gasteiger partial charge in [0.15, 0.2) is 10.4 Å². The Kier molecular flexibility index (Phi) is 3.52. The predicted molar refractivity (Wildman–Crippen MR) is 83.8 cm³/mol. The summed E-state index contributed by atoms with van der Waals surface area (Å²) < 4.78 is 4.00. The minimum atomic E-state index is 0.487. The van der Waals surface area contributed by atoms with E-state index in [1.54, 1.807) is 0 Å². The minimum Gasteiger partial charge on any atom is -0.329 e. The molecule has 19 heavy (non-hydrogen) atoms. The van der Waals surface area contributed by atoms with Crippen molar-refractivity contribution in [1.29, 1.82) is 0 Å². The molecule has 0 bridgehead atoms. The Bertz CT molecular complexity index is 660. The zero-order chi connectivity index (χ0) is 13.6. The number of hydrogen-bond donors (Lipinski definition) is 1. The third-order valence-electron chi connectivity index (χ3n) is 4.46. The molecule has 1 N–H and O–H groups in total. The maximum absolute atomic E-state index is 5.50. The molecule has 1 aliphatic rings. The number of hydrogen-bond acceptors (Lipinski definition) is 2. The highest BCUT2D eigenvalue weighted by atomic mass is 79.9. The molecule has 3 atom stereocenters. The van der Waals surface area contributed by atoms with Crippen molar-refractivity contribution >= 4 is 39.3 Å². The lowest BCUT2D eigenvalue weighted by molar-refractivity contribution is 0.212. The summed E-state index contributed by atoms with van der Waals surface area (Å²) in [6, 6.07) is 2.53. The molecular formula is C14H18BrN3S. The van der Waals surface area contributed by atoms with Crippen molar-refractivity contribution < 1.29 is 0 Å². The van der Waals surface area contributed by atoms with Gasteiger partial charge in [-0.3, -0.25) is 4.57 Å². The summed E-state index contributed by atoms with van der Waals surface area (Å²) >= 11 is 8.95. The van der Waals surface area contributed by atoms with Crippen molar-refractivity contribution in [2.24, 2.45) is 11.8 Å². The Morgan fingerprint density at radius 3 is 2.89 bits per heavy atom. The highest BCUT2D eigenvalue weighted by molar-refractivity contribution is 9.10. The van der Waals surface area contributed by atoms with Gasteiger partial charge in [-0.1, -0.05) is 13.8 Å². The van der Waals surface area contributed by atoms with Gasteiger partial charge >= 0.3 is 0 Å². The van der Waals surface area contributed by atoms with Crippen LogP contribution in [0.1, 0.15) is 39.2 Å². The molecule has 0 amide bonds. The van der Waals surface area contributed by atoms with Crippen LogP contribution in [0.5, 0.6) is 0 Å². The molecule has 2 aromatic heterocycles. The number of halogens is 1. The highest BCUT2D eigenvalue weighted by Crippen LogP contribution is 2.37. The molecule has 0 aliphatic heterocycles. The van der Waals surface area contributed by atoms with Gasteiger partial charge in [-0.05, 0) is 65.3 Å². The van der Waals surface area contributed by atoms with Crippen LogP contribution < -0.4 is 0 Å². The second kappa shape index (κ2) is 5.02. The molecule has 0 spiro atoms. The van der Waals surface area contributed by atoms with Crippen molar-refractivity contribution in [3.05, 3.63) is 21.5 Å². The normalized spacial score (nSPS) is 27.8. The average Bonchev–Trinajstić information content (AvgIpc) is 2.68. The lowest BCUT2D eigenvalue weighted by Gasteiger charge is -2.32. The molecular weight excluding hydrogens is 322 g/mol. The Balaban J connectivity index is 2.05. The van der Waals surface area contributed by atoms with Crippen molar-refractivity contribution in [2.45, 2.75) is 39.2 Å². The average molecular weight is 340 g/mol. The van der Waals surface area contributed by atoms with E-state index >= 15 is 0 Å². The number of nitrogens with zero attached hydrogens (tertiary/aromatic N) is 2. The van der Waals surface area contributed by atoms with E-state index in [0.29, 0.717) is 6.04 Å². The van der Waals surface area contributed by atoms with Crippen molar-refractivity contribution in [3.63, 3.8) is 0 Å². The van der Waals surface area contributed by atoms with Crippen LogP contribution >= 0.6 is 28.1 Å². The van der Waals surface area contributed by atoms with Gasteiger partial charge in [-0.25, -0.2) is 4.98 Å². The van der Waals surface area contributed by atoms with E-state index in [1.807, 2.05) is 12.3 Å². The Labute approximate surface area is 126 Å². The lowest BCUT2D eigenvalue weighted by atomic mass is 9.79. The first kappa shape index (κ1) is 13.3. The molecule has 2 aromatic rings. The second-order valence-electron chi connectivity index (χ2n) is 5.75. The molecule has 2 heterocycles. The molecule has 3 unspecified atom stereocenters. The first-order valence-electron chi connectivity index (χ1n) is 6.82. The van der Waals surface area contributed by atoms with E-state index in [-0.39, 0.29) is 0 Å². The number of H-pyrrole nitrogens is 1. The molecule has 1 fully saturated rings. The first-order valence-corrected chi connectivity index (χ1v) is 8.02. The number of pyridine rings is 1. The van der Waals surface area contributed by atoms with Crippen LogP contribution in [0.2, 0.25) is 0 Å². The molecule has 1 saturated carbocycles. The van der Waals surface area contributed by atoms with E-state index < -0.39 is 0 Å². The monoisotopic (exact) mass is 339 g/mol. The molecule has 0 radical (unpaired) electrons. The summed E-state index contributed by atoms with van der Waals surface area (Å²) in [6.45, 7) is 4.70. The predicted octanol–water partition coefficient (Wildman–Crippen LogP) is 4.85. The van der Waals surface area contributed by atoms with Gasteiger partial charge in [0.05, 0.1) is 5.52 Å². The topological polar surface area (TPSA) is 33.6 Å². The Hall–Kier alpha value is -0.680. The third-order valence-corrected chi connectivity index (χ3v) is 5.19. The maximum atomic E-state index is 5.50. The molecule has 3 rings (SSSR count). The smallest absolute Gasteiger partial charge is 0.179 e. The Morgan fingerprint density at radius 2 is 2.16 bits per heavy atom. The van der Waals surface area contributed by atoms with Crippen LogP contribution in [-0.4, -0.2) is 14.5 Å². The summed E-state index contributed by atoms with van der Waals surface area (Å²) in [4.78, 5) is 7.82. The fourth-order valence-electron chi connectivity index (χ4n) is 3.08. The number of nitrogens with one attached hydrogen (secondary N) is 1. The van der Waals surface area contributed by atoms with Crippen LogP contribution in [0.25, 0.3) is 11.2 Å². The van der Waals surface area contributed by atoms with Crippen molar-refractivity contribution in [1.82, 2.24) is 14.5 Å². The zero-order valence-electron chi connectivity index (χ0n) is 11.2. The number of aromatic nitrogens is 3. The van der Waals surface area contributed by atoms with E-state index in [0.717, 1.165) is 32.2 Å². The van der Waals surface area contributed by atoms with Gasteiger partial charge in [0.25, 0.3) is 0 Å². The van der Waals surface area contributed by atoms with E-state index in [1.165, 1.54) is 19.3 Å². The van der Waals surface area contributed by atoms with E-state index in [4.69, 9.17) is 12.2 Å². The number of imidazole rings is 1. The minimum absolute atomic E-state index is 0.487. The summed E-state index contributed by atoms with van der Waals surface area (Å²) in [5.41, 5.74) is 2.01. The fraction of sp³-hybridized carbons (Fsp3) is 0.571. The van der Waals surface area contributed by atoms with Crippen molar-refractivity contribution in [3.8, 4) is 0 Å². The van der Waals surface area contributed by atoms with Crippen LogP contribution in [-0.2, 0) is 0 Å². The third kappa shape index (κ3) is 2.38. The van der Waals surface area contributed by atoms with Crippen molar-refractivity contribution in [2.75, 3.05) is 0 Å². The largest absolute Gasteiger partial charge is 0.329 e. The zero-order valence-corrected chi connectivity index (χ0v) is 13.6. The molecule has 0 saturated heterocycles. The Morgan fingerprint density at radius 1 is 1.37 bits per heavy atom. The van der Waals surface area contributed by atoms with Crippen LogP contribution in [0, 0.1) is 16.6 Å². The SMILES string of the molecule is CC1CCC(n2c(=S)[nH]c3cc(Br)cnc32)CC1C. The van der Waals surface area contributed by atoms with Gasteiger partial charge in [0.1, 0.15) is 0 Å². The second-order valence-corrected chi connectivity index (χ2v) is 7.05.